The van der Waals surface area contributed by atoms with Crippen LogP contribution in [-0.2, 0) is 4.74 Å². The summed E-state index contributed by atoms with van der Waals surface area (Å²) >= 11 is 0. The molecule has 6 fully saturated rings. The van der Waals surface area contributed by atoms with Gasteiger partial charge in [0, 0.05) is 11.8 Å². The second-order valence-electron chi connectivity index (χ2n) is 14.9. The van der Waals surface area contributed by atoms with Crippen LogP contribution in [0.25, 0.3) is 0 Å². The molecule has 0 aromatic rings. The third-order valence-electron chi connectivity index (χ3n) is 12.6. The van der Waals surface area contributed by atoms with Crippen LogP contribution in [0.15, 0.2) is 12.2 Å². The summed E-state index contributed by atoms with van der Waals surface area (Å²) in [5.41, 5.74) is 1.81. The Bertz CT molecular complexity index is 818. The molecule has 6 aliphatic rings. The number of fused-ring (bicyclic) bond motifs is 3. The molecule has 3 heteroatoms. The van der Waals surface area contributed by atoms with Gasteiger partial charge in [-0.25, -0.2) is 0 Å². The fourth-order valence-electron chi connectivity index (χ4n) is 10.5. The first-order chi connectivity index (χ1) is 16.6. The van der Waals surface area contributed by atoms with E-state index in [1.165, 1.54) is 77.0 Å². The van der Waals surface area contributed by atoms with Crippen molar-refractivity contribution in [3.05, 3.63) is 12.2 Å². The lowest BCUT2D eigenvalue weighted by Gasteiger charge is -2.59. The average molecular weight is 485 g/mol. The van der Waals surface area contributed by atoms with Crippen LogP contribution in [0.2, 0.25) is 0 Å². The highest BCUT2D eigenvalue weighted by atomic mass is 16.6. The number of epoxide rings is 1. The van der Waals surface area contributed by atoms with Gasteiger partial charge in [-0.2, -0.15) is 0 Å². The number of rotatable bonds is 4. The molecule has 198 valence electrons. The maximum Gasteiger partial charge on any atom is 0.0930 e. The maximum absolute atomic E-state index is 11.1. The summed E-state index contributed by atoms with van der Waals surface area (Å²) in [7, 11) is 0. The molecule has 5 aliphatic carbocycles. The van der Waals surface area contributed by atoms with Crippen LogP contribution in [0.5, 0.6) is 0 Å². The van der Waals surface area contributed by atoms with Crippen LogP contribution < -0.4 is 0 Å². The van der Waals surface area contributed by atoms with Gasteiger partial charge in [0.1, 0.15) is 0 Å². The molecule has 35 heavy (non-hydrogen) atoms. The van der Waals surface area contributed by atoms with Crippen molar-refractivity contribution in [2.45, 2.75) is 153 Å². The molecular formula is C32H52O3. The molecule has 5 saturated carbocycles. The molecule has 0 aromatic carbocycles. The highest BCUT2D eigenvalue weighted by Gasteiger charge is 2.66. The van der Waals surface area contributed by atoms with E-state index >= 15 is 0 Å². The van der Waals surface area contributed by atoms with Gasteiger partial charge in [-0.3, -0.25) is 0 Å². The van der Waals surface area contributed by atoms with E-state index in [0.29, 0.717) is 23.9 Å². The number of ether oxygens (including phenoxy) is 1. The lowest BCUT2D eigenvalue weighted by molar-refractivity contribution is -0.0810. The number of aliphatic hydroxyl groups is 2. The highest BCUT2D eigenvalue weighted by molar-refractivity contribution is 5.23. The predicted molar refractivity (Wildman–Crippen MR) is 141 cm³/mol. The lowest BCUT2D eigenvalue weighted by Crippen LogP contribution is -2.52. The van der Waals surface area contributed by atoms with Gasteiger partial charge in [-0.05, 0) is 126 Å². The summed E-state index contributed by atoms with van der Waals surface area (Å²) in [6, 6.07) is 0. The summed E-state index contributed by atoms with van der Waals surface area (Å²) in [5.74, 6) is 3.18. The maximum atomic E-state index is 11.1. The van der Waals surface area contributed by atoms with E-state index in [0.717, 1.165) is 49.9 Å². The average Bonchev–Trinajstić information content (AvgIpc) is 3.33. The zero-order valence-electron chi connectivity index (χ0n) is 22.7. The number of allylic oxidation sites excluding steroid dienone is 1. The van der Waals surface area contributed by atoms with Crippen molar-refractivity contribution in [1.82, 2.24) is 0 Å². The summed E-state index contributed by atoms with van der Waals surface area (Å²) in [5, 5.41) is 21.2. The van der Waals surface area contributed by atoms with E-state index in [9.17, 15) is 10.2 Å². The molecule has 9 unspecified atom stereocenters. The molecule has 0 amide bonds. The van der Waals surface area contributed by atoms with Crippen molar-refractivity contribution in [2.75, 3.05) is 0 Å². The third kappa shape index (κ3) is 4.38. The lowest BCUT2D eigenvalue weighted by atomic mass is 9.45. The molecule has 6 rings (SSSR count). The first kappa shape index (κ1) is 24.9. The standard InChI is InChI=1S/C32H52O3/c1-22-18-31(16-11-23(19-31)12-17-32(34)14-7-10-25(33)20-32)28-30(3,35-28)15-13-27-26(22)21-29(27,2)24-8-5-4-6-9-24/h23-28,33-34H,1,4-21H2,2-3H3. The van der Waals surface area contributed by atoms with Gasteiger partial charge in [-0.1, -0.05) is 38.3 Å². The van der Waals surface area contributed by atoms with Crippen molar-refractivity contribution < 1.29 is 14.9 Å². The fraction of sp³-hybridized carbons (Fsp3) is 0.938. The predicted octanol–water partition coefficient (Wildman–Crippen LogP) is 7.34. The van der Waals surface area contributed by atoms with Crippen molar-refractivity contribution in [2.24, 2.45) is 34.5 Å². The minimum atomic E-state index is -0.636. The minimum Gasteiger partial charge on any atom is -0.393 e. The van der Waals surface area contributed by atoms with Gasteiger partial charge in [0.15, 0.2) is 0 Å². The Morgan fingerprint density at radius 3 is 2.49 bits per heavy atom. The number of aliphatic hydroxyl groups excluding tert-OH is 1. The van der Waals surface area contributed by atoms with E-state index in [1.807, 2.05) is 0 Å². The molecule has 1 spiro atoms. The van der Waals surface area contributed by atoms with Gasteiger partial charge >= 0.3 is 0 Å². The molecule has 9 atom stereocenters. The first-order valence-electron chi connectivity index (χ1n) is 15.4. The van der Waals surface area contributed by atoms with Crippen LogP contribution in [0, 0.1) is 34.5 Å². The van der Waals surface area contributed by atoms with Crippen LogP contribution in [0.3, 0.4) is 0 Å². The Balaban J connectivity index is 1.14. The summed E-state index contributed by atoms with van der Waals surface area (Å²) in [6.07, 6.45) is 21.5. The quantitative estimate of drug-likeness (QED) is 0.324. The Morgan fingerprint density at radius 2 is 1.71 bits per heavy atom. The fourth-order valence-corrected chi connectivity index (χ4v) is 10.5. The van der Waals surface area contributed by atoms with Crippen LogP contribution in [-0.4, -0.2) is 33.6 Å². The Hall–Kier alpha value is -0.380. The van der Waals surface area contributed by atoms with Crippen molar-refractivity contribution in [1.29, 1.82) is 0 Å². The smallest absolute Gasteiger partial charge is 0.0930 e. The zero-order chi connectivity index (χ0) is 24.5. The Labute approximate surface area is 214 Å². The van der Waals surface area contributed by atoms with Gasteiger partial charge in [0.2, 0.25) is 0 Å². The van der Waals surface area contributed by atoms with E-state index in [4.69, 9.17) is 11.3 Å². The summed E-state index contributed by atoms with van der Waals surface area (Å²) < 4.78 is 6.64. The molecule has 0 bridgehead atoms. The van der Waals surface area contributed by atoms with Gasteiger partial charge < -0.3 is 14.9 Å². The van der Waals surface area contributed by atoms with Crippen molar-refractivity contribution >= 4 is 0 Å². The minimum absolute atomic E-state index is 0.0821. The molecule has 1 saturated heterocycles. The third-order valence-corrected chi connectivity index (χ3v) is 12.6. The largest absolute Gasteiger partial charge is 0.393 e. The van der Waals surface area contributed by atoms with Crippen LogP contribution in [0.4, 0.5) is 0 Å². The summed E-state index contributed by atoms with van der Waals surface area (Å²) in [4.78, 5) is 0. The normalized spacial score (nSPS) is 52.7. The highest BCUT2D eigenvalue weighted by Crippen LogP contribution is 2.68. The molecule has 2 N–H and O–H groups in total. The SMILES string of the molecule is C=C1CC2(CCC(CCC3(O)CCCC(O)C3)C2)C2OC2(C)CCC2C1CC2(C)C1CCCCC1. The van der Waals surface area contributed by atoms with Crippen LogP contribution in [0.1, 0.15) is 129 Å². The van der Waals surface area contributed by atoms with E-state index in [-0.39, 0.29) is 17.1 Å². The second kappa shape index (κ2) is 8.84. The number of hydrogen-bond donors (Lipinski definition) is 2. The van der Waals surface area contributed by atoms with Crippen LogP contribution >= 0.6 is 0 Å². The molecule has 1 heterocycles. The topological polar surface area (TPSA) is 53.0 Å². The molecule has 0 aromatic heterocycles. The van der Waals surface area contributed by atoms with E-state index in [1.54, 1.807) is 5.57 Å². The van der Waals surface area contributed by atoms with Crippen molar-refractivity contribution in [3.8, 4) is 0 Å². The molecule has 3 nitrogen and oxygen atoms in total. The van der Waals surface area contributed by atoms with Gasteiger partial charge in [0.25, 0.3) is 0 Å². The monoisotopic (exact) mass is 484 g/mol. The van der Waals surface area contributed by atoms with E-state index < -0.39 is 5.60 Å². The second-order valence-corrected chi connectivity index (χ2v) is 14.9. The molecular weight excluding hydrogens is 432 g/mol. The van der Waals surface area contributed by atoms with Gasteiger partial charge in [0.05, 0.1) is 23.4 Å². The molecule has 0 radical (unpaired) electrons. The Morgan fingerprint density at radius 1 is 0.914 bits per heavy atom. The van der Waals surface area contributed by atoms with Crippen molar-refractivity contribution in [3.63, 3.8) is 0 Å². The van der Waals surface area contributed by atoms with E-state index in [2.05, 4.69) is 13.8 Å². The zero-order valence-corrected chi connectivity index (χ0v) is 22.7. The summed E-state index contributed by atoms with van der Waals surface area (Å²) in [6.45, 7) is 9.84. The van der Waals surface area contributed by atoms with Gasteiger partial charge in [-0.15, -0.1) is 0 Å². The Kier molecular flexibility index (Phi) is 6.30. The first-order valence-corrected chi connectivity index (χ1v) is 15.4. The molecule has 1 aliphatic heterocycles. The number of hydrogen-bond acceptors (Lipinski definition) is 3.